The van der Waals surface area contributed by atoms with Crippen LogP contribution in [0.15, 0.2) is 167 Å². The number of hydrogen-bond acceptors (Lipinski definition) is 4. The Balaban J connectivity index is 1.12. The van der Waals surface area contributed by atoms with E-state index in [0.717, 1.165) is 106 Å². The molecule has 0 radical (unpaired) electrons. The highest BCUT2D eigenvalue weighted by molar-refractivity contribution is 6.29. The Morgan fingerprint density at radius 3 is 1.18 bits per heavy atom. The van der Waals surface area contributed by atoms with Crippen LogP contribution >= 0.6 is 0 Å². The number of fused-ring (bicyclic) bond motifs is 6. The molecule has 0 unspecified atom stereocenters. The van der Waals surface area contributed by atoms with Crippen LogP contribution in [-0.4, -0.2) is 0 Å². The average Bonchev–Trinajstić information content (AvgIpc) is 3.95. The molecule has 0 amide bonds. The second-order valence-electron chi connectivity index (χ2n) is 19.1. The summed E-state index contributed by atoms with van der Waals surface area (Å²) in [6.45, 7) is 13.3. The van der Waals surface area contributed by atoms with Gasteiger partial charge in [-0.1, -0.05) is 148 Å². The normalized spacial score (nSPS) is 12.0. The molecule has 0 saturated heterocycles. The minimum atomic E-state index is 0.904. The van der Waals surface area contributed by atoms with Crippen molar-refractivity contribution < 1.29 is 8.83 Å². The monoisotopic (exact) mass is 884 g/mol. The van der Waals surface area contributed by atoms with E-state index in [1.165, 1.54) is 76.5 Å². The first kappa shape index (κ1) is 41.8. The SMILES string of the molecule is CCCCc1cccc2c1oc1c(N(c3cc(C)ccc3C)c3ccc4ccc5c(N(c6cc(C)ccc6C)c6cccc7c6oc6c(CCCC)cccc67)ccc6ccc3c4c65)cccc12. The van der Waals surface area contributed by atoms with Crippen molar-refractivity contribution in [1.29, 1.82) is 0 Å². The molecule has 10 aromatic carbocycles. The van der Waals surface area contributed by atoms with E-state index in [1.807, 2.05) is 0 Å². The van der Waals surface area contributed by atoms with E-state index in [9.17, 15) is 0 Å². The van der Waals surface area contributed by atoms with E-state index in [2.05, 4.69) is 209 Å². The molecule has 68 heavy (non-hydrogen) atoms. The van der Waals surface area contributed by atoms with Crippen molar-refractivity contribution in [2.45, 2.75) is 80.1 Å². The van der Waals surface area contributed by atoms with Gasteiger partial charge in [-0.05, 0) is 145 Å². The Morgan fingerprint density at radius 1 is 0.353 bits per heavy atom. The fourth-order valence-corrected chi connectivity index (χ4v) is 11.1. The van der Waals surface area contributed by atoms with Crippen LogP contribution in [0.4, 0.5) is 34.1 Å². The first-order valence-corrected chi connectivity index (χ1v) is 24.6. The lowest BCUT2D eigenvalue weighted by Gasteiger charge is -2.30. The molecule has 12 rings (SSSR count). The van der Waals surface area contributed by atoms with Gasteiger partial charge < -0.3 is 18.6 Å². The van der Waals surface area contributed by atoms with Crippen LogP contribution in [-0.2, 0) is 12.8 Å². The molecule has 0 bridgehead atoms. The van der Waals surface area contributed by atoms with E-state index in [4.69, 9.17) is 8.83 Å². The third-order valence-corrected chi connectivity index (χ3v) is 14.6. The van der Waals surface area contributed by atoms with Gasteiger partial charge in [0.25, 0.3) is 0 Å². The molecule has 0 N–H and O–H groups in total. The van der Waals surface area contributed by atoms with Gasteiger partial charge in [0.05, 0.1) is 22.7 Å². The zero-order chi connectivity index (χ0) is 46.2. The predicted octanol–water partition coefficient (Wildman–Crippen LogP) is 19.2. The molecule has 4 heteroatoms. The highest BCUT2D eigenvalue weighted by atomic mass is 16.3. The summed E-state index contributed by atoms with van der Waals surface area (Å²) in [4.78, 5) is 4.93. The third kappa shape index (κ3) is 6.64. The standard InChI is InChI=1S/C64H56N2O2/c1-7-9-15-45-17-11-19-47-49-21-13-23-55(63(49)67-61(45)47)65(57-37-39(3)25-27-41(57)5)53-35-31-43-30-34-52-54(36-32-44-29-33-51(53)59(43)60(44)52)66(58-38-40(4)26-28-42(58)6)56-24-14-22-50-48-20-12-18-46(16-10-8-2)62(48)68-64(50)56/h11-14,17-38H,7-10,15-16H2,1-6H3. The molecule has 0 aliphatic rings. The molecule has 0 atom stereocenters. The van der Waals surface area contributed by atoms with Gasteiger partial charge in [-0.25, -0.2) is 0 Å². The minimum Gasteiger partial charge on any atom is -0.454 e. The Labute approximate surface area is 398 Å². The predicted molar refractivity (Wildman–Crippen MR) is 290 cm³/mol. The van der Waals surface area contributed by atoms with Crippen molar-refractivity contribution in [1.82, 2.24) is 0 Å². The van der Waals surface area contributed by atoms with E-state index in [-0.39, 0.29) is 0 Å². The Hall–Kier alpha value is -7.56. The van der Waals surface area contributed by atoms with Gasteiger partial charge in [0.15, 0.2) is 11.2 Å². The van der Waals surface area contributed by atoms with Crippen LogP contribution in [0.1, 0.15) is 72.9 Å². The number of furan rings is 2. The number of aryl methyl sites for hydroxylation is 6. The molecule has 334 valence electrons. The topological polar surface area (TPSA) is 32.8 Å². The van der Waals surface area contributed by atoms with Gasteiger partial charge in [0.2, 0.25) is 0 Å². The average molecular weight is 885 g/mol. The van der Waals surface area contributed by atoms with Crippen molar-refractivity contribution in [3.63, 3.8) is 0 Å². The second-order valence-corrected chi connectivity index (χ2v) is 19.1. The summed E-state index contributed by atoms with van der Waals surface area (Å²) < 4.78 is 14.2. The molecule has 0 fully saturated rings. The van der Waals surface area contributed by atoms with Crippen LogP contribution in [0.3, 0.4) is 0 Å². The number of unbranched alkanes of at least 4 members (excludes halogenated alkanes) is 2. The molecule has 4 nitrogen and oxygen atoms in total. The number of rotatable bonds is 12. The van der Waals surface area contributed by atoms with Gasteiger partial charge in [-0.2, -0.15) is 0 Å². The molecule has 12 aromatic rings. The maximum absolute atomic E-state index is 7.09. The second kappa shape index (κ2) is 16.6. The van der Waals surface area contributed by atoms with Crippen LogP contribution in [0.25, 0.3) is 76.2 Å². The van der Waals surface area contributed by atoms with Crippen molar-refractivity contribution in [2.24, 2.45) is 0 Å². The maximum Gasteiger partial charge on any atom is 0.159 e. The van der Waals surface area contributed by atoms with E-state index in [1.54, 1.807) is 0 Å². The Morgan fingerprint density at radius 2 is 0.750 bits per heavy atom. The largest absolute Gasteiger partial charge is 0.454 e. The number of nitrogens with zero attached hydrogens (tertiary/aromatic N) is 2. The van der Waals surface area contributed by atoms with Crippen molar-refractivity contribution >= 4 is 110 Å². The fraction of sp³-hybridized carbons (Fsp3) is 0.188. The number of hydrogen-bond donors (Lipinski definition) is 0. The molecule has 2 heterocycles. The number of para-hydroxylation sites is 4. The molecule has 0 saturated carbocycles. The lowest BCUT2D eigenvalue weighted by molar-refractivity contribution is 0.658. The lowest BCUT2D eigenvalue weighted by atomic mass is 9.91. The number of anilines is 6. The van der Waals surface area contributed by atoms with Gasteiger partial charge in [0, 0.05) is 43.7 Å². The first-order chi connectivity index (χ1) is 33.3. The lowest BCUT2D eigenvalue weighted by Crippen LogP contribution is -2.13. The van der Waals surface area contributed by atoms with Crippen LogP contribution in [0.5, 0.6) is 0 Å². The van der Waals surface area contributed by atoms with Crippen LogP contribution < -0.4 is 9.80 Å². The molecule has 0 aliphatic heterocycles. The molecule has 0 spiro atoms. The zero-order valence-corrected chi connectivity index (χ0v) is 40.0. The first-order valence-electron chi connectivity index (χ1n) is 24.6. The van der Waals surface area contributed by atoms with Crippen LogP contribution in [0.2, 0.25) is 0 Å². The highest BCUT2D eigenvalue weighted by Gasteiger charge is 2.27. The van der Waals surface area contributed by atoms with E-state index >= 15 is 0 Å². The van der Waals surface area contributed by atoms with Crippen LogP contribution in [0, 0.1) is 27.7 Å². The Kier molecular flexibility index (Phi) is 10.2. The van der Waals surface area contributed by atoms with Crippen molar-refractivity contribution in [3.8, 4) is 0 Å². The maximum atomic E-state index is 7.09. The van der Waals surface area contributed by atoms with Gasteiger partial charge in [-0.3, -0.25) is 0 Å². The molecular weight excluding hydrogens is 829 g/mol. The Bertz CT molecular complexity index is 3650. The minimum absolute atomic E-state index is 0.904. The highest BCUT2D eigenvalue weighted by Crippen LogP contribution is 2.51. The summed E-state index contributed by atoms with van der Waals surface area (Å²) in [5.74, 6) is 0. The van der Waals surface area contributed by atoms with Gasteiger partial charge in [0.1, 0.15) is 11.2 Å². The molecule has 2 aromatic heterocycles. The summed E-state index contributed by atoms with van der Waals surface area (Å²) in [7, 11) is 0. The molecule has 0 aliphatic carbocycles. The number of benzene rings is 10. The van der Waals surface area contributed by atoms with Gasteiger partial charge in [-0.15, -0.1) is 0 Å². The summed E-state index contributed by atoms with van der Waals surface area (Å²) in [6, 6.07) is 58.8. The summed E-state index contributed by atoms with van der Waals surface area (Å²) in [6.07, 6.45) is 6.52. The quantitative estimate of drug-likeness (QED) is 0.114. The smallest absolute Gasteiger partial charge is 0.159 e. The molecular formula is C64H56N2O2. The summed E-state index contributed by atoms with van der Waals surface area (Å²) in [5.41, 5.74) is 17.7. The van der Waals surface area contributed by atoms with E-state index in [0.29, 0.717) is 0 Å². The summed E-state index contributed by atoms with van der Waals surface area (Å²) >= 11 is 0. The third-order valence-electron chi connectivity index (χ3n) is 14.6. The fourth-order valence-electron chi connectivity index (χ4n) is 11.1. The van der Waals surface area contributed by atoms with Crippen molar-refractivity contribution in [2.75, 3.05) is 9.80 Å². The summed E-state index contributed by atoms with van der Waals surface area (Å²) in [5, 5.41) is 11.9. The van der Waals surface area contributed by atoms with Crippen molar-refractivity contribution in [3.05, 3.63) is 191 Å². The van der Waals surface area contributed by atoms with Gasteiger partial charge >= 0.3 is 0 Å². The zero-order valence-electron chi connectivity index (χ0n) is 40.0. The van der Waals surface area contributed by atoms with E-state index < -0.39 is 0 Å².